The summed E-state index contributed by atoms with van der Waals surface area (Å²) in [7, 11) is 0. The molecular formula is C15H12N2O3. The third-order valence-corrected chi connectivity index (χ3v) is 2.79. The number of allylic oxidation sites excluding steroid dienone is 1. The van der Waals surface area contributed by atoms with Gasteiger partial charge in [-0.3, -0.25) is 19.9 Å². The molecule has 1 aromatic carbocycles. The Morgan fingerprint density at radius 2 is 1.75 bits per heavy atom. The third-order valence-electron chi connectivity index (χ3n) is 2.79. The van der Waals surface area contributed by atoms with Crippen LogP contribution in [0, 0.1) is 10.1 Å². The molecule has 0 N–H and O–H groups in total. The van der Waals surface area contributed by atoms with Crippen LogP contribution in [0.15, 0.2) is 48.8 Å². The van der Waals surface area contributed by atoms with E-state index < -0.39 is 4.92 Å². The molecule has 5 nitrogen and oxygen atoms in total. The van der Waals surface area contributed by atoms with Gasteiger partial charge in [-0.05, 0) is 48.4 Å². The number of rotatable bonds is 4. The van der Waals surface area contributed by atoms with Crippen LogP contribution in [-0.2, 0) is 4.79 Å². The summed E-state index contributed by atoms with van der Waals surface area (Å²) in [6, 6.07) is 9.55. The number of benzene rings is 1. The minimum Gasteiger partial charge on any atom is -0.294 e. The molecule has 2 rings (SSSR count). The number of nitro benzene ring substituents is 1. The number of nitro groups is 1. The van der Waals surface area contributed by atoms with E-state index in [1.807, 2.05) is 0 Å². The van der Waals surface area contributed by atoms with Crippen molar-refractivity contribution < 1.29 is 9.72 Å². The van der Waals surface area contributed by atoms with Gasteiger partial charge < -0.3 is 0 Å². The van der Waals surface area contributed by atoms with Crippen molar-refractivity contribution in [3.8, 4) is 0 Å². The summed E-state index contributed by atoms with van der Waals surface area (Å²) in [6.45, 7) is 1.48. The standard InChI is InChI=1S/C15H12N2O3/c1-11(18)15(13-6-8-16-9-7-13)10-12-2-4-14(5-3-12)17(19)20/h2-10H,1H3/b15-10-. The molecule has 0 unspecified atom stereocenters. The quantitative estimate of drug-likeness (QED) is 0.485. The lowest BCUT2D eigenvalue weighted by Gasteiger charge is -2.03. The van der Waals surface area contributed by atoms with Crippen LogP contribution in [-0.4, -0.2) is 15.7 Å². The molecule has 2 aromatic rings. The average Bonchev–Trinajstić information content (AvgIpc) is 2.46. The van der Waals surface area contributed by atoms with E-state index in [4.69, 9.17) is 0 Å². The van der Waals surface area contributed by atoms with Crippen molar-refractivity contribution in [2.24, 2.45) is 0 Å². The number of Topliss-reactive ketones (excluding diaryl/α,β-unsaturated/α-hetero) is 1. The van der Waals surface area contributed by atoms with Gasteiger partial charge in [0.25, 0.3) is 5.69 Å². The molecule has 0 saturated carbocycles. The molecule has 0 spiro atoms. The molecule has 5 heteroatoms. The molecule has 0 atom stereocenters. The Balaban J connectivity index is 2.39. The van der Waals surface area contributed by atoms with E-state index in [9.17, 15) is 14.9 Å². The number of hydrogen-bond acceptors (Lipinski definition) is 4. The van der Waals surface area contributed by atoms with Gasteiger partial charge in [0.15, 0.2) is 5.78 Å². The minimum absolute atomic E-state index is 0.0236. The maximum absolute atomic E-state index is 11.7. The highest BCUT2D eigenvalue weighted by Gasteiger charge is 2.08. The second-order valence-electron chi connectivity index (χ2n) is 4.20. The van der Waals surface area contributed by atoms with Gasteiger partial charge in [-0.15, -0.1) is 0 Å². The van der Waals surface area contributed by atoms with E-state index in [0.29, 0.717) is 5.57 Å². The lowest BCUT2D eigenvalue weighted by atomic mass is 10.0. The van der Waals surface area contributed by atoms with Crippen molar-refractivity contribution in [2.45, 2.75) is 6.92 Å². The average molecular weight is 268 g/mol. The Kier molecular flexibility index (Phi) is 4.00. The third kappa shape index (κ3) is 3.14. The molecular weight excluding hydrogens is 256 g/mol. The lowest BCUT2D eigenvalue weighted by molar-refractivity contribution is -0.384. The molecule has 0 radical (unpaired) electrons. The van der Waals surface area contributed by atoms with E-state index in [2.05, 4.69) is 4.98 Å². The zero-order chi connectivity index (χ0) is 14.5. The summed E-state index contributed by atoms with van der Waals surface area (Å²) in [5.74, 6) is -0.0745. The second kappa shape index (κ2) is 5.88. The first-order valence-electron chi connectivity index (χ1n) is 5.95. The van der Waals surface area contributed by atoms with Crippen LogP contribution < -0.4 is 0 Å². The fourth-order valence-electron chi connectivity index (χ4n) is 1.78. The molecule has 0 aliphatic rings. The van der Waals surface area contributed by atoms with E-state index in [-0.39, 0.29) is 11.5 Å². The van der Waals surface area contributed by atoms with Crippen LogP contribution in [0.1, 0.15) is 18.1 Å². The van der Waals surface area contributed by atoms with Gasteiger partial charge in [0.2, 0.25) is 0 Å². The highest BCUT2D eigenvalue weighted by molar-refractivity contribution is 6.24. The lowest BCUT2D eigenvalue weighted by Crippen LogP contribution is -1.96. The van der Waals surface area contributed by atoms with Gasteiger partial charge in [0.1, 0.15) is 0 Å². The molecule has 0 aliphatic heterocycles. The van der Waals surface area contributed by atoms with Gasteiger partial charge in [-0.2, -0.15) is 0 Å². The zero-order valence-corrected chi connectivity index (χ0v) is 10.8. The Morgan fingerprint density at radius 1 is 1.15 bits per heavy atom. The van der Waals surface area contributed by atoms with Crippen molar-refractivity contribution in [3.63, 3.8) is 0 Å². The van der Waals surface area contributed by atoms with Crippen LogP contribution in [0.5, 0.6) is 0 Å². The number of aromatic nitrogens is 1. The first-order valence-corrected chi connectivity index (χ1v) is 5.95. The number of ketones is 1. The normalized spacial score (nSPS) is 11.2. The fourth-order valence-corrected chi connectivity index (χ4v) is 1.78. The van der Waals surface area contributed by atoms with Gasteiger partial charge in [-0.1, -0.05) is 0 Å². The van der Waals surface area contributed by atoms with Crippen molar-refractivity contribution in [3.05, 3.63) is 70.0 Å². The van der Waals surface area contributed by atoms with E-state index in [0.717, 1.165) is 11.1 Å². The largest absolute Gasteiger partial charge is 0.294 e. The number of pyridine rings is 1. The summed E-state index contributed by atoms with van der Waals surface area (Å²) in [5, 5.41) is 10.6. The summed E-state index contributed by atoms with van der Waals surface area (Å²) in [5.41, 5.74) is 2.07. The van der Waals surface area contributed by atoms with E-state index in [1.165, 1.54) is 19.1 Å². The zero-order valence-electron chi connectivity index (χ0n) is 10.8. The number of hydrogen-bond donors (Lipinski definition) is 0. The van der Waals surface area contributed by atoms with Gasteiger partial charge in [0, 0.05) is 30.1 Å². The summed E-state index contributed by atoms with van der Waals surface area (Å²) >= 11 is 0. The number of nitrogens with zero attached hydrogens (tertiary/aromatic N) is 2. The maximum Gasteiger partial charge on any atom is 0.269 e. The summed E-state index contributed by atoms with van der Waals surface area (Å²) in [6.07, 6.45) is 4.94. The number of carbonyl (C=O) groups excluding carboxylic acids is 1. The minimum atomic E-state index is -0.456. The van der Waals surface area contributed by atoms with Crippen molar-refractivity contribution in [2.75, 3.05) is 0 Å². The molecule has 0 fully saturated rings. The molecule has 1 heterocycles. The Morgan fingerprint density at radius 3 is 2.25 bits per heavy atom. The second-order valence-corrected chi connectivity index (χ2v) is 4.20. The molecule has 0 amide bonds. The van der Waals surface area contributed by atoms with Crippen molar-refractivity contribution >= 4 is 23.1 Å². The van der Waals surface area contributed by atoms with Crippen LogP contribution in [0.2, 0.25) is 0 Å². The van der Waals surface area contributed by atoms with Crippen LogP contribution in [0.25, 0.3) is 11.6 Å². The fraction of sp³-hybridized carbons (Fsp3) is 0.0667. The van der Waals surface area contributed by atoms with Crippen LogP contribution >= 0.6 is 0 Å². The highest BCUT2D eigenvalue weighted by atomic mass is 16.6. The molecule has 0 saturated heterocycles. The molecule has 1 aromatic heterocycles. The molecule has 100 valence electrons. The molecule has 0 bridgehead atoms. The molecule has 20 heavy (non-hydrogen) atoms. The van der Waals surface area contributed by atoms with E-state index >= 15 is 0 Å². The van der Waals surface area contributed by atoms with Crippen LogP contribution in [0.4, 0.5) is 5.69 Å². The molecule has 0 aliphatic carbocycles. The maximum atomic E-state index is 11.7. The summed E-state index contributed by atoms with van der Waals surface area (Å²) < 4.78 is 0. The number of non-ortho nitro benzene ring substituents is 1. The highest BCUT2D eigenvalue weighted by Crippen LogP contribution is 2.20. The SMILES string of the molecule is CC(=O)/C(=C/c1ccc([N+](=O)[O-])cc1)c1ccncc1. The topological polar surface area (TPSA) is 73.1 Å². The monoisotopic (exact) mass is 268 g/mol. The Labute approximate surface area is 115 Å². The van der Waals surface area contributed by atoms with Crippen molar-refractivity contribution in [1.29, 1.82) is 0 Å². The van der Waals surface area contributed by atoms with Crippen molar-refractivity contribution in [1.82, 2.24) is 4.98 Å². The number of carbonyl (C=O) groups is 1. The first-order chi connectivity index (χ1) is 9.58. The predicted molar refractivity (Wildman–Crippen MR) is 75.9 cm³/mol. The van der Waals surface area contributed by atoms with Gasteiger partial charge in [-0.25, -0.2) is 0 Å². The smallest absolute Gasteiger partial charge is 0.269 e. The predicted octanol–water partition coefficient (Wildman–Crippen LogP) is 3.12. The van der Waals surface area contributed by atoms with Crippen LogP contribution in [0.3, 0.4) is 0 Å². The van der Waals surface area contributed by atoms with Gasteiger partial charge >= 0.3 is 0 Å². The van der Waals surface area contributed by atoms with E-state index in [1.54, 1.807) is 42.7 Å². The Hall–Kier alpha value is -2.82. The first kappa shape index (κ1) is 13.6. The van der Waals surface area contributed by atoms with Gasteiger partial charge in [0.05, 0.1) is 4.92 Å². The summed E-state index contributed by atoms with van der Waals surface area (Å²) in [4.78, 5) is 25.8. The Bertz CT molecular complexity index is 661.